The van der Waals surface area contributed by atoms with E-state index < -0.39 is 4.92 Å². The molecule has 1 heterocycles. The molecule has 1 saturated heterocycles. The van der Waals surface area contributed by atoms with E-state index in [0.29, 0.717) is 25.9 Å². The molecule has 0 saturated carbocycles. The lowest BCUT2D eigenvalue weighted by Crippen LogP contribution is -2.41. The lowest BCUT2D eigenvalue weighted by atomic mass is 9.95. The number of piperidine rings is 1. The molecule has 7 heteroatoms. The van der Waals surface area contributed by atoms with E-state index in [4.69, 9.17) is 0 Å². The molecular weight excluding hydrogens is 334 g/mol. The van der Waals surface area contributed by atoms with Crippen LogP contribution in [-0.2, 0) is 4.79 Å². The zero-order valence-corrected chi connectivity index (χ0v) is 14.1. The van der Waals surface area contributed by atoms with E-state index in [9.17, 15) is 19.7 Å². The van der Waals surface area contributed by atoms with E-state index >= 15 is 0 Å². The topological polar surface area (TPSA) is 92.6 Å². The first-order valence-corrected chi connectivity index (χ1v) is 8.45. The van der Waals surface area contributed by atoms with Crippen LogP contribution in [0.1, 0.15) is 23.2 Å². The highest BCUT2D eigenvalue weighted by molar-refractivity contribution is 5.98. The summed E-state index contributed by atoms with van der Waals surface area (Å²) in [7, 11) is 0. The summed E-state index contributed by atoms with van der Waals surface area (Å²) in [6.07, 6.45) is 1.07. The molecule has 0 spiro atoms. The standard InChI is InChI=1S/C19H19N3O4/c23-18(20-15-6-2-1-3-7-15)14-10-12-21(13-11-14)19(24)16-8-4-5-9-17(16)22(25)26/h1-9,14H,10-13H2,(H,20,23). The number of hydrogen-bond acceptors (Lipinski definition) is 4. The molecule has 0 aromatic heterocycles. The molecule has 7 nitrogen and oxygen atoms in total. The van der Waals surface area contributed by atoms with Crippen LogP contribution in [0.3, 0.4) is 0 Å². The highest BCUT2D eigenvalue weighted by Crippen LogP contribution is 2.24. The Hall–Kier alpha value is -3.22. The monoisotopic (exact) mass is 353 g/mol. The molecule has 0 aliphatic carbocycles. The number of carbonyl (C=O) groups excluding carboxylic acids is 2. The van der Waals surface area contributed by atoms with Crippen LogP contribution in [0, 0.1) is 16.0 Å². The van der Waals surface area contributed by atoms with E-state index in [1.165, 1.54) is 18.2 Å². The largest absolute Gasteiger partial charge is 0.338 e. The first-order valence-electron chi connectivity index (χ1n) is 8.45. The maximum absolute atomic E-state index is 12.6. The molecule has 1 aliphatic heterocycles. The van der Waals surface area contributed by atoms with E-state index in [0.717, 1.165) is 5.69 Å². The fourth-order valence-electron chi connectivity index (χ4n) is 3.09. The number of hydrogen-bond donors (Lipinski definition) is 1. The van der Waals surface area contributed by atoms with Crippen molar-refractivity contribution in [3.63, 3.8) is 0 Å². The van der Waals surface area contributed by atoms with Crippen LogP contribution in [0.4, 0.5) is 11.4 Å². The lowest BCUT2D eigenvalue weighted by Gasteiger charge is -2.31. The van der Waals surface area contributed by atoms with Gasteiger partial charge < -0.3 is 10.2 Å². The predicted molar refractivity (Wildman–Crippen MR) is 96.8 cm³/mol. The Balaban J connectivity index is 1.61. The van der Waals surface area contributed by atoms with Crippen molar-refractivity contribution in [3.8, 4) is 0 Å². The Bertz CT molecular complexity index is 815. The maximum Gasteiger partial charge on any atom is 0.282 e. The Morgan fingerprint density at radius 2 is 1.62 bits per heavy atom. The maximum atomic E-state index is 12.6. The molecule has 0 bridgehead atoms. The van der Waals surface area contributed by atoms with Gasteiger partial charge in [-0.1, -0.05) is 30.3 Å². The third kappa shape index (κ3) is 3.88. The molecule has 2 amide bonds. The van der Waals surface area contributed by atoms with Gasteiger partial charge in [-0.2, -0.15) is 0 Å². The van der Waals surface area contributed by atoms with Gasteiger partial charge in [0.05, 0.1) is 4.92 Å². The Labute approximate surface area is 150 Å². The quantitative estimate of drug-likeness (QED) is 0.675. The molecule has 0 unspecified atom stereocenters. The number of para-hydroxylation sites is 2. The Kier molecular flexibility index (Phi) is 5.26. The summed E-state index contributed by atoms with van der Waals surface area (Å²) in [5.41, 5.74) is 0.641. The zero-order chi connectivity index (χ0) is 18.5. The minimum Gasteiger partial charge on any atom is -0.338 e. The van der Waals surface area contributed by atoms with Crippen molar-refractivity contribution in [2.75, 3.05) is 18.4 Å². The molecule has 0 atom stereocenters. The molecule has 2 aromatic rings. The van der Waals surface area contributed by atoms with Gasteiger partial charge in [-0.25, -0.2) is 0 Å². The third-order valence-corrected chi connectivity index (χ3v) is 4.53. The molecule has 1 N–H and O–H groups in total. The van der Waals surface area contributed by atoms with Crippen LogP contribution in [0.15, 0.2) is 54.6 Å². The predicted octanol–water partition coefficient (Wildman–Crippen LogP) is 3.09. The third-order valence-electron chi connectivity index (χ3n) is 4.53. The average Bonchev–Trinajstić information content (AvgIpc) is 2.68. The summed E-state index contributed by atoms with van der Waals surface area (Å²) in [4.78, 5) is 37.1. The van der Waals surface area contributed by atoms with Gasteiger partial charge in [0.25, 0.3) is 11.6 Å². The zero-order valence-electron chi connectivity index (χ0n) is 14.1. The van der Waals surface area contributed by atoms with Crippen LogP contribution in [0.2, 0.25) is 0 Å². The van der Waals surface area contributed by atoms with E-state index in [-0.39, 0.29) is 29.0 Å². The van der Waals surface area contributed by atoms with Gasteiger partial charge in [0.2, 0.25) is 5.91 Å². The van der Waals surface area contributed by atoms with Crippen LogP contribution < -0.4 is 5.32 Å². The summed E-state index contributed by atoms with van der Waals surface area (Å²) in [5, 5.41) is 14.0. The fourth-order valence-corrected chi connectivity index (χ4v) is 3.09. The lowest BCUT2D eigenvalue weighted by molar-refractivity contribution is -0.385. The van der Waals surface area contributed by atoms with Crippen molar-refractivity contribution in [3.05, 3.63) is 70.3 Å². The van der Waals surface area contributed by atoms with Crippen LogP contribution in [0.25, 0.3) is 0 Å². The normalized spacial score (nSPS) is 14.7. The van der Waals surface area contributed by atoms with Crippen molar-refractivity contribution in [1.29, 1.82) is 0 Å². The van der Waals surface area contributed by atoms with Gasteiger partial charge >= 0.3 is 0 Å². The smallest absolute Gasteiger partial charge is 0.282 e. The van der Waals surface area contributed by atoms with Gasteiger partial charge in [-0.3, -0.25) is 19.7 Å². The highest BCUT2D eigenvalue weighted by Gasteiger charge is 2.30. The van der Waals surface area contributed by atoms with E-state index in [1.807, 2.05) is 30.3 Å². The van der Waals surface area contributed by atoms with E-state index in [1.54, 1.807) is 11.0 Å². The molecule has 134 valence electrons. The summed E-state index contributed by atoms with van der Waals surface area (Å²) in [6.45, 7) is 0.801. The number of benzene rings is 2. The number of anilines is 1. The molecule has 26 heavy (non-hydrogen) atoms. The fraction of sp³-hybridized carbons (Fsp3) is 0.263. The number of nitro benzene ring substituents is 1. The molecular formula is C19H19N3O4. The summed E-state index contributed by atoms with van der Waals surface area (Å²) < 4.78 is 0. The van der Waals surface area contributed by atoms with Crippen LogP contribution >= 0.6 is 0 Å². The van der Waals surface area contributed by atoms with Crippen molar-refractivity contribution in [2.45, 2.75) is 12.8 Å². The Morgan fingerprint density at radius 3 is 2.27 bits per heavy atom. The molecule has 1 aliphatic rings. The second-order valence-electron chi connectivity index (χ2n) is 6.20. The van der Waals surface area contributed by atoms with Gasteiger partial charge in [-0.05, 0) is 31.0 Å². The highest BCUT2D eigenvalue weighted by atomic mass is 16.6. The molecule has 3 rings (SSSR count). The number of likely N-dealkylation sites (tertiary alicyclic amines) is 1. The summed E-state index contributed by atoms with van der Waals surface area (Å²) >= 11 is 0. The van der Waals surface area contributed by atoms with Gasteiger partial charge in [0.1, 0.15) is 5.56 Å². The average molecular weight is 353 g/mol. The summed E-state index contributed by atoms with van der Waals surface area (Å²) in [5.74, 6) is -0.599. The van der Waals surface area contributed by atoms with E-state index in [2.05, 4.69) is 5.32 Å². The van der Waals surface area contributed by atoms with Crippen molar-refractivity contribution in [1.82, 2.24) is 4.90 Å². The van der Waals surface area contributed by atoms with Gasteiger partial charge in [0.15, 0.2) is 0 Å². The molecule has 2 aromatic carbocycles. The molecule has 1 fully saturated rings. The first-order chi connectivity index (χ1) is 12.6. The minimum absolute atomic E-state index is 0.0611. The second kappa shape index (κ2) is 7.77. The van der Waals surface area contributed by atoms with Crippen molar-refractivity contribution < 1.29 is 14.5 Å². The number of carbonyl (C=O) groups is 2. The van der Waals surface area contributed by atoms with Gasteiger partial charge in [-0.15, -0.1) is 0 Å². The van der Waals surface area contributed by atoms with Crippen molar-refractivity contribution in [2.24, 2.45) is 5.92 Å². The van der Waals surface area contributed by atoms with Gasteiger partial charge in [0, 0.05) is 30.8 Å². The molecule has 0 radical (unpaired) electrons. The number of amides is 2. The SMILES string of the molecule is O=C(Nc1ccccc1)C1CCN(C(=O)c2ccccc2[N+](=O)[O-])CC1. The van der Waals surface area contributed by atoms with Crippen LogP contribution in [-0.4, -0.2) is 34.7 Å². The second-order valence-corrected chi connectivity index (χ2v) is 6.20. The minimum atomic E-state index is -0.548. The number of nitro groups is 1. The number of nitrogens with zero attached hydrogens (tertiary/aromatic N) is 2. The van der Waals surface area contributed by atoms with Crippen LogP contribution in [0.5, 0.6) is 0 Å². The van der Waals surface area contributed by atoms with Crippen molar-refractivity contribution >= 4 is 23.2 Å². The number of rotatable bonds is 4. The number of nitrogens with one attached hydrogen (secondary N) is 1. The summed E-state index contributed by atoms with van der Waals surface area (Å²) in [6, 6.07) is 15.2. The Morgan fingerprint density at radius 1 is 1.00 bits per heavy atom. The first kappa shape index (κ1) is 17.6.